The predicted octanol–water partition coefficient (Wildman–Crippen LogP) is 2.00. The Bertz CT molecular complexity index is 624. The van der Waals surface area contributed by atoms with Crippen molar-refractivity contribution in [3.05, 3.63) is 29.3 Å². The lowest BCUT2D eigenvalue weighted by atomic mass is 9.78. The first kappa shape index (κ1) is 16.6. The maximum absolute atomic E-state index is 10.0. The molecule has 2 N–H and O–H groups in total. The normalized spacial score (nSPS) is 42.3. The van der Waals surface area contributed by atoms with Gasteiger partial charge in [0.25, 0.3) is 0 Å². The van der Waals surface area contributed by atoms with Crippen molar-refractivity contribution in [3.63, 3.8) is 0 Å². The molecule has 0 spiro atoms. The molecule has 3 heterocycles. The highest BCUT2D eigenvalue weighted by atomic mass is 35.5. The predicted molar refractivity (Wildman–Crippen MR) is 87.9 cm³/mol. The molecule has 6 nitrogen and oxygen atoms in total. The second-order valence-corrected chi connectivity index (χ2v) is 7.43. The lowest BCUT2D eigenvalue weighted by Gasteiger charge is -2.39. The molecule has 0 saturated carbocycles. The molecule has 0 radical (unpaired) electrons. The Morgan fingerprint density at radius 1 is 1.17 bits per heavy atom. The molecule has 3 aliphatic heterocycles. The fourth-order valence-corrected chi connectivity index (χ4v) is 4.35. The van der Waals surface area contributed by atoms with Gasteiger partial charge in [0, 0.05) is 17.8 Å². The molecular weight excluding hydrogens is 334 g/mol. The standard InChI is InChI=1S/C17H22ClNO5/c1-16(2)22-14-13-12(19-10-6-4-9(18)5-7-10)11(8-20)17(21-3,23-13)15(14)24-16/h4-7,11-15,19-20H,8H2,1-3H3/t11-,12+,13+,14+,15+,17-/m0/s1. The van der Waals surface area contributed by atoms with Gasteiger partial charge in [-0.25, -0.2) is 0 Å². The van der Waals surface area contributed by atoms with Gasteiger partial charge in [0.2, 0.25) is 5.79 Å². The van der Waals surface area contributed by atoms with E-state index in [9.17, 15) is 5.11 Å². The summed E-state index contributed by atoms with van der Waals surface area (Å²) in [6, 6.07) is 7.28. The maximum atomic E-state index is 10.0. The largest absolute Gasteiger partial charge is 0.396 e. The van der Waals surface area contributed by atoms with Crippen LogP contribution < -0.4 is 5.32 Å². The number of benzene rings is 1. The monoisotopic (exact) mass is 355 g/mol. The number of anilines is 1. The van der Waals surface area contributed by atoms with E-state index in [0.29, 0.717) is 5.02 Å². The van der Waals surface area contributed by atoms with Crippen LogP contribution in [0, 0.1) is 5.92 Å². The summed E-state index contributed by atoms with van der Waals surface area (Å²) in [4.78, 5) is 0. The molecule has 6 atom stereocenters. The maximum Gasteiger partial charge on any atom is 0.204 e. The highest BCUT2D eigenvalue weighted by Gasteiger charge is 2.74. The molecule has 0 amide bonds. The van der Waals surface area contributed by atoms with Gasteiger partial charge >= 0.3 is 0 Å². The fourth-order valence-electron chi connectivity index (χ4n) is 4.22. The summed E-state index contributed by atoms with van der Waals surface area (Å²) in [5.74, 6) is -1.99. The van der Waals surface area contributed by atoms with Crippen molar-refractivity contribution in [2.45, 2.75) is 49.8 Å². The molecule has 24 heavy (non-hydrogen) atoms. The fraction of sp³-hybridized carbons (Fsp3) is 0.647. The van der Waals surface area contributed by atoms with Crippen LogP contribution in [0.15, 0.2) is 24.3 Å². The summed E-state index contributed by atoms with van der Waals surface area (Å²) in [5.41, 5.74) is 0.903. The van der Waals surface area contributed by atoms with E-state index in [1.54, 1.807) is 7.11 Å². The Kier molecular flexibility index (Phi) is 3.84. The Balaban J connectivity index is 1.65. The van der Waals surface area contributed by atoms with Gasteiger partial charge in [-0.3, -0.25) is 0 Å². The van der Waals surface area contributed by atoms with E-state index in [-0.39, 0.29) is 36.9 Å². The molecule has 3 fully saturated rings. The number of hydrogen-bond donors (Lipinski definition) is 2. The molecule has 0 unspecified atom stereocenters. The third kappa shape index (κ3) is 2.29. The van der Waals surface area contributed by atoms with Gasteiger partial charge in [-0.05, 0) is 38.1 Å². The summed E-state index contributed by atoms with van der Waals surface area (Å²) < 4.78 is 24.0. The van der Waals surface area contributed by atoms with Crippen LogP contribution >= 0.6 is 11.6 Å². The summed E-state index contributed by atoms with van der Waals surface area (Å²) in [6.45, 7) is 3.68. The summed E-state index contributed by atoms with van der Waals surface area (Å²) in [7, 11) is 1.58. The van der Waals surface area contributed by atoms with Crippen molar-refractivity contribution in [1.82, 2.24) is 0 Å². The number of aliphatic hydroxyl groups excluding tert-OH is 1. The zero-order valence-electron chi connectivity index (χ0n) is 13.9. The Morgan fingerprint density at radius 2 is 1.88 bits per heavy atom. The van der Waals surface area contributed by atoms with Crippen LogP contribution in [0.3, 0.4) is 0 Å². The number of ether oxygens (including phenoxy) is 4. The molecule has 7 heteroatoms. The van der Waals surface area contributed by atoms with E-state index < -0.39 is 11.6 Å². The van der Waals surface area contributed by atoms with Crippen molar-refractivity contribution in [2.75, 3.05) is 19.0 Å². The first-order chi connectivity index (χ1) is 11.4. The van der Waals surface area contributed by atoms with E-state index in [1.807, 2.05) is 38.1 Å². The molecule has 4 rings (SSSR count). The first-order valence-corrected chi connectivity index (χ1v) is 8.49. The average Bonchev–Trinajstić information content (AvgIpc) is 3.13. The smallest absolute Gasteiger partial charge is 0.204 e. The minimum absolute atomic E-state index is 0.0807. The van der Waals surface area contributed by atoms with Crippen molar-refractivity contribution < 1.29 is 24.1 Å². The van der Waals surface area contributed by atoms with Crippen LogP contribution in [0.1, 0.15) is 13.8 Å². The number of rotatable bonds is 4. The van der Waals surface area contributed by atoms with Gasteiger partial charge < -0.3 is 29.4 Å². The average molecular weight is 356 g/mol. The molecule has 2 bridgehead atoms. The lowest BCUT2D eigenvalue weighted by molar-refractivity contribution is -0.278. The van der Waals surface area contributed by atoms with Crippen LogP contribution in [-0.4, -0.2) is 54.8 Å². The summed E-state index contributed by atoms with van der Waals surface area (Å²) >= 11 is 5.95. The van der Waals surface area contributed by atoms with E-state index >= 15 is 0 Å². The minimum Gasteiger partial charge on any atom is -0.396 e. The minimum atomic E-state index is -1.01. The Hall–Kier alpha value is -0.890. The Morgan fingerprint density at radius 3 is 2.50 bits per heavy atom. The SMILES string of the molecule is CO[C@]12O[C@H]([C@H](Nc3ccc(Cl)cc3)[C@@H]1CO)[C@H]1OC(C)(C)O[C@H]12. The van der Waals surface area contributed by atoms with E-state index in [2.05, 4.69) is 5.32 Å². The number of hydrogen-bond acceptors (Lipinski definition) is 6. The van der Waals surface area contributed by atoms with Gasteiger partial charge in [-0.1, -0.05) is 11.6 Å². The van der Waals surface area contributed by atoms with Gasteiger partial charge in [0.05, 0.1) is 18.6 Å². The highest BCUT2D eigenvalue weighted by Crippen LogP contribution is 2.55. The number of fused-ring (bicyclic) bond motifs is 5. The summed E-state index contributed by atoms with van der Waals surface area (Å²) in [5, 5.41) is 14.1. The number of methoxy groups -OCH3 is 1. The van der Waals surface area contributed by atoms with Crippen LogP contribution in [0.25, 0.3) is 0 Å². The van der Waals surface area contributed by atoms with Gasteiger partial charge in [0.1, 0.15) is 18.3 Å². The number of nitrogens with one attached hydrogen (secondary N) is 1. The van der Waals surface area contributed by atoms with Gasteiger partial charge in [-0.2, -0.15) is 0 Å². The topological polar surface area (TPSA) is 69.2 Å². The molecule has 132 valence electrons. The van der Waals surface area contributed by atoms with E-state index in [4.69, 9.17) is 30.5 Å². The van der Waals surface area contributed by atoms with Crippen LogP contribution in [0.4, 0.5) is 5.69 Å². The van der Waals surface area contributed by atoms with Crippen LogP contribution in [0.5, 0.6) is 0 Å². The first-order valence-electron chi connectivity index (χ1n) is 8.12. The van der Waals surface area contributed by atoms with Crippen molar-refractivity contribution >= 4 is 17.3 Å². The second kappa shape index (κ2) is 5.56. The van der Waals surface area contributed by atoms with Gasteiger partial charge in [0.15, 0.2) is 5.79 Å². The molecule has 0 aliphatic carbocycles. The molecule has 0 aromatic heterocycles. The third-order valence-electron chi connectivity index (χ3n) is 5.17. The lowest BCUT2D eigenvalue weighted by Crippen LogP contribution is -2.59. The number of aliphatic hydroxyl groups is 1. The zero-order chi connectivity index (χ0) is 17.1. The van der Waals surface area contributed by atoms with Crippen molar-refractivity contribution in [1.29, 1.82) is 0 Å². The van der Waals surface area contributed by atoms with Crippen molar-refractivity contribution in [2.24, 2.45) is 5.92 Å². The molecule has 3 aliphatic rings. The molecular formula is C17H22ClNO5. The van der Waals surface area contributed by atoms with Crippen molar-refractivity contribution in [3.8, 4) is 0 Å². The molecule has 1 aromatic rings. The molecule has 1 aromatic carbocycles. The second-order valence-electron chi connectivity index (χ2n) is 6.99. The quantitative estimate of drug-likeness (QED) is 0.861. The Labute approximate surface area is 146 Å². The summed E-state index contributed by atoms with van der Waals surface area (Å²) in [6.07, 6.45) is -0.875. The third-order valence-corrected chi connectivity index (χ3v) is 5.42. The number of halogens is 1. The molecule has 3 saturated heterocycles. The van der Waals surface area contributed by atoms with E-state index in [1.165, 1.54) is 0 Å². The highest BCUT2D eigenvalue weighted by molar-refractivity contribution is 6.30. The van der Waals surface area contributed by atoms with E-state index in [0.717, 1.165) is 5.69 Å². The van der Waals surface area contributed by atoms with Crippen LogP contribution in [0.2, 0.25) is 5.02 Å². The van der Waals surface area contributed by atoms with Crippen LogP contribution in [-0.2, 0) is 18.9 Å². The zero-order valence-corrected chi connectivity index (χ0v) is 14.6. The van der Waals surface area contributed by atoms with Gasteiger partial charge in [-0.15, -0.1) is 0 Å².